The number of aromatic nitrogens is 5. The molecule has 1 atom stereocenters. The van der Waals surface area contributed by atoms with E-state index in [2.05, 4.69) is 34.2 Å². The number of fused-ring (bicyclic) bond motifs is 2. The molecule has 1 fully saturated rings. The lowest BCUT2D eigenvalue weighted by atomic mass is 10.1. The number of nitrogens with zero attached hydrogens (tertiary/aromatic N) is 5. The van der Waals surface area contributed by atoms with E-state index in [1.807, 2.05) is 33.8 Å². The van der Waals surface area contributed by atoms with Gasteiger partial charge in [-0.15, -0.1) is 0 Å². The lowest BCUT2D eigenvalue weighted by Gasteiger charge is -2.12. The van der Waals surface area contributed by atoms with Crippen molar-refractivity contribution in [2.24, 2.45) is 0 Å². The minimum Gasteiger partial charge on any atom is -0.383 e. The van der Waals surface area contributed by atoms with Crippen molar-refractivity contribution in [3.8, 4) is 11.8 Å². The van der Waals surface area contributed by atoms with Crippen molar-refractivity contribution < 1.29 is 4.79 Å². The second-order valence-electron chi connectivity index (χ2n) is 7.79. The average molecular weight is 413 g/mol. The van der Waals surface area contributed by atoms with E-state index in [-0.39, 0.29) is 11.8 Å². The number of nitrogen functional groups attached to an aromatic ring is 1. The first-order valence-corrected chi connectivity index (χ1v) is 10.4. The molecular formula is C23H23N7O. The SMILES string of the molecule is CCn1cc2ccc(C#Cc3nn([C@H]4CCNC4)c4c(C(C)=O)cnc(N)c34)cc2n1. The van der Waals surface area contributed by atoms with E-state index in [4.69, 9.17) is 10.8 Å². The summed E-state index contributed by atoms with van der Waals surface area (Å²) in [6.45, 7) is 6.11. The number of rotatable bonds is 3. The van der Waals surface area contributed by atoms with Crippen LogP contribution in [0.15, 0.2) is 30.6 Å². The summed E-state index contributed by atoms with van der Waals surface area (Å²) in [6.07, 6.45) is 4.49. The predicted molar refractivity (Wildman–Crippen MR) is 120 cm³/mol. The van der Waals surface area contributed by atoms with E-state index in [1.54, 1.807) is 0 Å². The van der Waals surface area contributed by atoms with Gasteiger partial charge in [0, 0.05) is 36.4 Å². The summed E-state index contributed by atoms with van der Waals surface area (Å²) in [4.78, 5) is 16.5. The molecule has 1 aliphatic rings. The number of Topliss-reactive ketones (excluding diaryl/α,β-unsaturated/α-hetero) is 1. The number of nitrogens with one attached hydrogen (secondary N) is 1. The summed E-state index contributed by atoms with van der Waals surface area (Å²) >= 11 is 0. The Bertz CT molecular complexity index is 1380. The Morgan fingerprint density at radius 3 is 2.94 bits per heavy atom. The third kappa shape index (κ3) is 3.33. The molecule has 0 radical (unpaired) electrons. The van der Waals surface area contributed by atoms with Crippen LogP contribution in [0.4, 0.5) is 5.82 Å². The maximum Gasteiger partial charge on any atom is 0.163 e. The highest BCUT2D eigenvalue weighted by Gasteiger charge is 2.25. The Morgan fingerprint density at radius 1 is 1.32 bits per heavy atom. The molecule has 3 N–H and O–H groups in total. The van der Waals surface area contributed by atoms with Crippen molar-refractivity contribution in [1.82, 2.24) is 29.9 Å². The van der Waals surface area contributed by atoms with Crippen LogP contribution in [0.5, 0.6) is 0 Å². The zero-order valence-electron chi connectivity index (χ0n) is 17.5. The van der Waals surface area contributed by atoms with E-state index >= 15 is 0 Å². The molecule has 156 valence electrons. The van der Waals surface area contributed by atoms with E-state index in [0.717, 1.165) is 48.0 Å². The number of ketones is 1. The smallest absolute Gasteiger partial charge is 0.163 e. The Morgan fingerprint density at radius 2 is 2.19 bits per heavy atom. The average Bonchev–Trinajstić information content (AvgIpc) is 3.49. The topological polar surface area (TPSA) is 104 Å². The van der Waals surface area contributed by atoms with Crippen molar-refractivity contribution in [2.45, 2.75) is 32.9 Å². The van der Waals surface area contributed by atoms with Crippen LogP contribution in [0.1, 0.15) is 47.9 Å². The van der Waals surface area contributed by atoms with E-state index < -0.39 is 0 Å². The van der Waals surface area contributed by atoms with Crippen LogP contribution in [0.3, 0.4) is 0 Å². The van der Waals surface area contributed by atoms with Gasteiger partial charge in [0.05, 0.1) is 28.0 Å². The molecule has 1 saturated heterocycles. The standard InChI is InChI=1S/C23H23N7O/c1-3-29-13-16-6-4-15(10-20(16)27-29)5-7-19-21-22(18(14(2)31)12-26-23(21)24)30(28-19)17-8-9-25-11-17/h4,6,10,12-13,17,25H,3,8-9,11H2,1-2H3,(H2,24,26)/t17-/m0/s1. The Kier molecular flexibility index (Phi) is 4.68. The lowest BCUT2D eigenvalue weighted by molar-refractivity contribution is 0.101. The third-order valence-electron chi connectivity index (χ3n) is 5.72. The fraction of sp³-hybridized carbons (Fsp3) is 0.304. The fourth-order valence-corrected chi connectivity index (χ4v) is 4.09. The van der Waals surface area contributed by atoms with E-state index in [9.17, 15) is 4.79 Å². The van der Waals surface area contributed by atoms with Crippen LogP contribution in [-0.4, -0.2) is 43.4 Å². The normalized spacial score (nSPS) is 16.0. The molecule has 5 rings (SSSR count). The van der Waals surface area contributed by atoms with E-state index in [1.165, 1.54) is 13.1 Å². The van der Waals surface area contributed by atoms with Gasteiger partial charge in [-0.2, -0.15) is 10.2 Å². The fourth-order valence-electron chi connectivity index (χ4n) is 4.09. The van der Waals surface area contributed by atoms with Gasteiger partial charge in [-0.05, 0) is 50.9 Å². The number of hydrogen-bond acceptors (Lipinski definition) is 6. The Labute approximate surface area is 179 Å². The van der Waals surface area contributed by atoms with Crippen LogP contribution in [0.25, 0.3) is 21.8 Å². The number of carbonyl (C=O) groups is 1. The number of hydrogen-bond donors (Lipinski definition) is 2. The quantitative estimate of drug-likeness (QED) is 0.395. The zero-order valence-corrected chi connectivity index (χ0v) is 17.5. The molecule has 1 aromatic carbocycles. The van der Waals surface area contributed by atoms with Gasteiger partial charge in [0.15, 0.2) is 5.78 Å². The molecule has 0 unspecified atom stereocenters. The number of pyridine rings is 1. The van der Waals surface area contributed by atoms with Gasteiger partial charge >= 0.3 is 0 Å². The molecule has 3 aromatic heterocycles. The highest BCUT2D eigenvalue weighted by molar-refractivity contribution is 6.09. The van der Waals surface area contributed by atoms with Crippen molar-refractivity contribution in [3.63, 3.8) is 0 Å². The molecule has 1 aliphatic heterocycles. The summed E-state index contributed by atoms with van der Waals surface area (Å²) < 4.78 is 3.81. The first-order chi connectivity index (χ1) is 15.0. The van der Waals surface area contributed by atoms with Gasteiger partial charge in [-0.3, -0.25) is 14.2 Å². The minimum atomic E-state index is -0.0684. The summed E-state index contributed by atoms with van der Waals surface area (Å²) in [6, 6.07) is 6.10. The zero-order chi connectivity index (χ0) is 21.5. The van der Waals surface area contributed by atoms with Crippen LogP contribution < -0.4 is 11.1 Å². The highest BCUT2D eigenvalue weighted by Crippen LogP contribution is 2.30. The maximum atomic E-state index is 12.3. The summed E-state index contributed by atoms with van der Waals surface area (Å²) in [7, 11) is 0. The van der Waals surface area contributed by atoms with Gasteiger partial charge in [-0.25, -0.2) is 4.98 Å². The van der Waals surface area contributed by atoms with Crippen LogP contribution in [0.2, 0.25) is 0 Å². The minimum absolute atomic E-state index is 0.0684. The molecule has 0 spiro atoms. The molecular weight excluding hydrogens is 390 g/mol. The van der Waals surface area contributed by atoms with Crippen molar-refractivity contribution in [3.05, 3.63) is 47.4 Å². The van der Waals surface area contributed by atoms with Crippen LogP contribution >= 0.6 is 0 Å². The van der Waals surface area contributed by atoms with Gasteiger partial charge in [-0.1, -0.05) is 5.92 Å². The molecule has 0 saturated carbocycles. The molecule has 0 aliphatic carbocycles. The lowest BCUT2D eigenvalue weighted by Crippen LogP contribution is -2.15. The molecule has 8 nitrogen and oxygen atoms in total. The predicted octanol–water partition coefficient (Wildman–Crippen LogP) is 2.52. The van der Waals surface area contributed by atoms with Gasteiger partial charge in [0.25, 0.3) is 0 Å². The third-order valence-corrected chi connectivity index (χ3v) is 5.72. The maximum absolute atomic E-state index is 12.3. The van der Waals surface area contributed by atoms with Crippen molar-refractivity contribution in [2.75, 3.05) is 18.8 Å². The number of anilines is 1. The molecule has 8 heteroatoms. The Balaban J connectivity index is 1.65. The van der Waals surface area contributed by atoms with Crippen molar-refractivity contribution in [1.29, 1.82) is 0 Å². The highest BCUT2D eigenvalue weighted by atomic mass is 16.1. The molecule has 4 aromatic rings. The van der Waals surface area contributed by atoms with Gasteiger partial charge in [0.1, 0.15) is 11.5 Å². The number of nitrogens with two attached hydrogens (primary N) is 1. The first kappa shape index (κ1) is 19.3. The van der Waals surface area contributed by atoms with Gasteiger partial charge in [0.2, 0.25) is 0 Å². The second-order valence-corrected chi connectivity index (χ2v) is 7.79. The first-order valence-electron chi connectivity index (χ1n) is 10.4. The summed E-state index contributed by atoms with van der Waals surface area (Å²) in [5, 5.41) is 14.4. The van der Waals surface area contributed by atoms with Gasteiger partial charge < -0.3 is 11.1 Å². The molecule has 0 bridgehead atoms. The van der Waals surface area contributed by atoms with Crippen LogP contribution in [-0.2, 0) is 6.54 Å². The summed E-state index contributed by atoms with van der Waals surface area (Å²) in [5.41, 5.74) is 9.74. The van der Waals surface area contributed by atoms with Crippen LogP contribution in [0, 0.1) is 11.8 Å². The number of benzene rings is 1. The summed E-state index contributed by atoms with van der Waals surface area (Å²) in [5.74, 6) is 6.63. The molecule has 0 amide bonds. The molecule has 4 heterocycles. The number of carbonyl (C=O) groups excluding carboxylic acids is 1. The largest absolute Gasteiger partial charge is 0.383 e. The number of aryl methyl sites for hydroxylation is 1. The Hall–Kier alpha value is -3.70. The monoisotopic (exact) mass is 413 g/mol. The van der Waals surface area contributed by atoms with E-state index in [0.29, 0.717) is 22.5 Å². The van der Waals surface area contributed by atoms with Crippen molar-refractivity contribution >= 4 is 33.4 Å². The molecule has 31 heavy (non-hydrogen) atoms. The second kappa shape index (κ2) is 7.52.